The Kier molecular flexibility index (Phi) is 5.43. The van der Waals surface area contributed by atoms with Gasteiger partial charge in [-0.15, -0.1) is 0 Å². The highest BCUT2D eigenvalue weighted by Gasteiger charge is 2.30. The minimum absolute atomic E-state index is 0.199. The van der Waals surface area contributed by atoms with Crippen LogP contribution < -0.4 is 5.56 Å². The Morgan fingerprint density at radius 2 is 1.91 bits per heavy atom. The van der Waals surface area contributed by atoms with Gasteiger partial charge in [0, 0.05) is 37.7 Å². The minimum atomic E-state index is -4.45. The first-order valence-electron chi connectivity index (χ1n) is 9.60. The number of fused-ring (bicyclic) bond motifs is 1. The fourth-order valence-corrected chi connectivity index (χ4v) is 3.64. The van der Waals surface area contributed by atoms with Crippen LogP contribution in [-0.2, 0) is 25.7 Å². The molecule has 0 saturated heterocycles. The van der Waals surface area contributed by atoms with Crippen LogP contribution in [0.4, 0.5) is 18.9 Å². The van der Waals surface area contributed by atoms with Crippen molar-refractivity contribution in [3.8, 4) is 17.1 Å². The first-order chi connectivity index (χ1) is 15.1. The van der Waals surface area contributed by atoms with Crippen LogP contribution >= 0.6 is 0 Å². The van der Waals surface area contributed by atoms with Crippen molar-refractivity contribution in [2.24, 2.45) is 0 Å². The average molecular weight is 446 g/mol. The lowest BCUT2D eigenvalue weighted by Crippen LogP contribution is -2.35. The molecule has 8 nitrogen and oxygen atoms in total. The van der Waals surface area contributed by atoms with E-state index in [0.29, 0.717) is 41.9 Å². The van der Waals surface area contributed by atoms with E-state index in [9.17, 15) is 33.2 Å². The van der Waals surface area contributed by atoms with Gasteiger partial charge in [0.15, 0.2) is 5.75 Å². The molecule has 4 rings (SSSR count). The second kappa shape index (κ2) is 8.08. The average Bonchev–Trinajstić information content (AvgIpc) is 2.74. The number of nitro groups is 1. The molecule has 0 bridgehead atoms. The molecule has 3 aromatic rings. The maximum Gasteiger partial charge on any atom is 0.416 e. The summed E-state index contributed by atoms with van der Waals surface area (Å²) in [5, 5.41) is 20.6. The number of nitrogens with zero attached hydrogens (tertiary/aromatic N) is 3. The maximum atomic E-state index is 12.8. The third-order valence-electron chi connectivity index (χ3n) is 5.28. The molecular weight excluding hydrogens is 429 g/mol. The molecule has 166 valence electrons. The Morgan fingerprint density at radius 1 is 1.19 bits per heavy atom. The lowest BCUT2D eigenvalue weighted by molar-refractivity contribution is -0.385. The monoisotopic (exact) mass is 446 g/mol. The number of hydrogen-bond acceptors (Lipinski definition) is 6. The number of hydrogen-bond donors (Lipinski definition) is 2. The predicted octanol–water partition coefficient (Wildman–Crippen LogP) is 3.63. The van der Waals surface area contributed by atoms with Gasteiger partial charge >= 0.3 is 11.9 Å². The number of phenolic OH excluding ortho intramolecular Hbond substituents is 1. The second-order valence-corrected chi connectivity index (χ2v) is 7.46. The zero-order valence-corrected chi connectivity index (χ0v) is 16.5. The number of aromatic hydroxyl groups is 1. The van der Waals surface area contributed by atoms with Gasteiger partial charge in [-0.25, -0.2) is 4.98 Å². The van der Waals surface area contributed by atoms with Crippen molar-refractivity contribution in [2.75, 3.05) is 6.54 Å². The lowest BCUT2D eigenvalue weighted by atomic mass is 10.0. The molecule has 0 fully saturated rings. The number of rotatable bonds is 4. The Morgan fingerprint density at radius 3 is 2.56 bits per heavy atom. The molecule has 32 heavy (non-hydrogen) atoms. The molecule has 0 atom stereocenters. The summed E-state index contributed by atoms with van der Waals surface area (Å²) in [6, 6.07) is 8.53. The number of H-pyrrole nitrogens is 1. The van der Waals surface area contributed by atoms with Gasteiger partial charge in [0.2, 0.25) is 0 Å². The number of alkyl halides is 3. The SMILES string of the molecule is O=c1[nH]c(-c2ccc(C(F)(F)F)cc2)nc2c1CN(Cc1ccc(O)c([N+](=O)[O-])c1)CC2. The molecule has 2 N–H and O–H groups in total. The van der Waals surface area contributed by atoms with E-state index < -0.39 is 22.4 Å². The normalized spacial score (nSPS) is 14.2. The fraction of sp³-hybridized carbons (Fsp3) is 0.238. The molecule has 0 aliphatic carbocycles. The van der Waals surface area contributed by atoms with E-state index in [0.717, 1.165) is 12.1 Å². The second-order valence-electron chi connectivity index (χ2n) is 7.46. The number of halogens is 3. The van der Waals surface area contributed by atoms with E-state index in [2.05, 4.69) is 9.97 Å². The molecule has 11 heteroatoms. The summed E-state index contributed by atoms with van der Waals surface area (Å²) in [4.78, 5) is 32.0. The topological polar surface area (TPSA) is 112 Å². The van der Waals surface area contributed by atoms with Crippen molar-refractivity contribution in [3.05, 3.63) is 85.3 Å². The third-order valence-corrected chi connectivity index (χ3v) is 5.28. The third kappa shape index (κ3) is 4.33. The largest absolute Gasteiger partial charge is 0.502 e. The highest BCUT2D eigenvalue weighted by molar-refractivity contribution is 5.56. The maximum absolute atomic E-state index is 12.8. The van der Waals surface area contributed by atoms with Gasteiger partial charge in [0.25, 0.3) is 5.56 Å². The highest BCUT2D eigenvalue weighted by atomic mass is 19.4. The Hall–Kier alpha value is -3.73. The summed E-state index contributed by atoms with van der Waals surface area (Å²) in [5.41, 5.74) is 0.441. The number of aromatic amines is 1. The predicted molar refractivity (Wildman–Crippen MR) is 108 cm³/mol. The van der Waals surface area contributed by atoms with Crippen LogP contribution in [0.25, 0.3) is 11.4 Å². The number of phenols is 1. The highest BCUT2D eigenvalue weighted by Crippen LogP contribution is 2.31. The zero-order valence-electron chi connectivity index (χ0n) is 16.5. The smallest absolute Gasteiger partial charge is 0.416 e. The van der Waals surface area contributed by atoms with Crippen LogP contribution in [0.5, 0.6) is 5.75 Å². The summed E-state index contributed by atoms with van der Waals surface area (Å²) in [6.45, 7) is 1.13. The lowest BCUT2D eigenvalue weighted by Gasteiger charge is -2.27. The van der Waals surface area contributed by atoms with Gasteiger partial charge in [-0.05, 0) is 23.8 Å². The Labute approximate surface area is 179 Å². The molecular formula is C21H17F3N4O4. The summed E-state index contributed by atoms with van der Waals surface area (Å²) in [6.07, 6.45) is -4.01. The van der Waals surface area contributed by atoms with Gasteiger partial charge in [-0.2, -0.15) is 13.2 Å². The molecule has 2 aromatic carbocycles. The fourth-order valence-electron chi connectivity index (χ4n) is 3.64. The molecule has 1 aliphatic rings. The first-order valence-corrected chi connectivity index (χ1v) is 9.60. The number of aromatic nitrogens is 2. The molecule has 0 saturated carbocycles. The van der Waals surface area contributed by atoms with E-state index in [1.165, 1.54) is 24.3 Å². The van der Waals surface area contributed by atoms with E-state index in [1.54, 1.807) is 6.07 Å². The molecule has 2 heterocycles. The summed E-state index contributed by atoms with van der Waals surface area (Å²) >= 11 is 0. The molecule has 0 radical (unpaired) electrons. The molecule has 0 amide bonds. The van der Waals surface area contributed by atoms with E-state index >= 15 is 0 Å². The van der Waals surface area contributed by atoms with Crippen molar-refractivity contribution < 1.29 is 23.2 Å². The zero-order chi connectivity index (χ0) is 23.0. The number of benzene rings is 2. The van der Waals surface area contributed by atoms with Crippen LogP contribution in [0.1, 0.15) is 22.4 Å². The Bertz CT molecular complexity index is 1240. The summed E-state index contributed by atoms with van der Waals surface area (Å²) < 4.78 is 38.3. The molecule has 1 aromatic heterocycles. The first kappa shape index (κ1) is 21.5. The van der Waals surface area contributed by atoms with Crippen LogP contribution in [0.3, 0.4) is 0 Å². The van der Waals surface area contributed by atoms with Gasteiger partial charge in [-0.1, -0.05) is 18.2 Å². The van der Waals surface area contributed by atoms with Gasteiger partial charge in [0.1, 0.15) is 5.82 Å². The van der Waals surface area contributed by atoms with Crippen LogP contribution in [0.2, 0.25) is 0 Å². The van der Waals surface area contributed by atoms with Crippen molar-refractivity contribution in [1.82, 2.24) is 14.9 Å². The van der Waals surface area contributed by atoms with Crippen molar-refractivity contribution in [1.29, 1.82) is 0 Å². The quantitative estimate of drug-likeness (QED) is 0.468. The van der Waals surface area contributed by atoms with Gasteiger partial charge in [-0.3, -0.25) is 19.8 Å². The summed E-state index contributed by atoms with van der Waals surface area (Å²) in [7, 11) is 0. The molecule has 0 unspecified atom stereocenters. The van der Waals surface area contributed by atoms with Crippen molar-refractivity contribution >= 4 is 5.69 Å². The van der Waals surface area contributed by atoms with Crippen molar-refractivity contribution in [2.45, 2.75) is 25.7 Å². The molecule has 0 spiro atoms. The van der Waals surface area contributed by atoms with E-state index in [4.69, 9.17) is 0 Å². The van der Waals surface area contributed by atoms with E-state index in [-0.39, 0.29) is 23.6 Å². The van der Waals surface area contributed by atoms with Crippen LogP contribution in [-0.4, -0.2) is 31.4 Å². The molecule has 1 aliphatic heterocycles. The number of nitrogens with one attached hydrogen (secondary N) is 1. The van der Waals surface area contributed by atoms with Crippen LogP contribution in [0, 0.1) is 10.1 Å². The summed E-state index contributed by atoms with van der Waals surface area (Å²) in [5.74, 6) is -0.218. The van der Waals surface area contributed by atoms with E-state index in [1.807, 2.05) is 4.90 Å². The Balaban J connectivity index is 1.55. The van der Waals surface area contributed by atoms with Gasteiger partial charge in [0.05, 0.1) is 21.7 Å². The standard InChI is InChI=1S/C21H17F3N4O4/c22-21(23,24)14-4-2-13(3-5-14)19-25-16-7-8-27(11-15(16)20(30)26-19)10-12-1-6-18(29)17(9-12)28(31)32/h1-6,9,29H,7-8,10-11H2,(H,25,26,30). The van der Waals surface area contributed by atoms with Crippen molar-refractivity contribution in [3.63, 3.8) is 0 Å². The number of nitro benzene ring substituents is 1. The van der Waals surface area contributed by atoms with Gasteiger partial charge < -0.3 is 10.1 Å². The minimum Gasteiger partial charge on any atom is -0.502 e. The van der Waals surface area contributed by atoms with Crippen LogP contribution in [0.15, 0.2) is 47.3 Å².